The number of benzene rings is 2. The van der Waals surface area contributed by atoms with Crippen LogP contribution in [0.15, 0.2) is 70.6 Å². The number of carbonyl (C=O) groups excluding carboxylic acids is 1. The van der Waals surface area contributed by atoms with Crippen molar-refractivity contribution in [2.45, 2.75) is 11.8 Å². The van der Waals surface area contributed by atoms with Crippen molar-refractivity contribution in [2.75, 3.05) is 11.1 Å². The van der Waals surface area contributed by atoms with Gasteiger partial charge in [0.2, 0.25) is 5.91 Å². The molecule has 4 rings (SSSR count). The molecule has 0 bridgehead atoms. The number of halogens is 2. The molecule has 0 fully saturated rings. The average Bonchev–Trinajstić information content (AvgIpc) is 3.21. The van der Waals surface area contributed by atoms with Crippen molar-refractivity contribution < 1.29 is 18.3 Å². The van der Waals surface area contributed by atoms with Crippen molar-refractivity contribution in [2.24, 2.45) is 7.05 Å². The zero-order chi connectivity index (χ0) is 22.7. The highest BCUT2D eigenvalue weighted by Crippen LogP contribution is 2.32. The number of nitrogens with zero attached hydrogens (tertiary/aromatic N) is 2. The van der Waals surface area contributed by atoms with E-state index in [1.54, 1.807) is 7.05 Å². The van der Waals surface area contributed by atoms with Crippen molar-refractivity contribution in [3.8, 4) is 16.2 Å². The van der Waals surface area contributed by atoms with E-state index in [-0.39, 0.29) is 23.0 Å². The van der Waals surface area contributed by atoms with E-state index in [0.717, 1.165) is 22.2 Å². The summed E-state index contributed by atoms with van der Waals surface area (Å²) in [6.45, 7) is -2.91. The first-order valence-corrected chi connectivity index (χ1v) is 11.2. The Morgan fingerprint density at radius 3 is 2.59 bits per heavy atom. The van der Waals surface area contributed by atoms with Gasteiger partial charge >= 0.3 is 6.61 Å². The van der Waals surface area contributed by atoms with Crippen LogP contribution in [0, 0.1) is 0 Å². The average molecular weight is 474 g/mol. The Balaban J connectivity index is 1.46. The van der Waals surface area contributed by atoms with Gasteiger partial charge in [-0.1, -0.05) is 42.1 Å². The minimum Gasteiger partial charge on any atom is -0.435 e. The van der Waals surface area contributed by atoms with Crippen molar-refractivity contribution in [3.05, 3.63) is 71.0 Å². The molecule has 2 aromatic carbocycles. The summed E-state index contributed by atoms with van der Waals surface area (Å²) in [4.78, 5) is 31.2. The molecule has 0 aliphatic heterocycles. The number of thioether (sulfide) groups is 1. The third-order valence-corrected chi connectivity index (χ3v) is 6.59. The lowest BCUT2D eigenvalue weighted by atomic mass is 10.2. The lowest BCUT2D eigenvalue weighted by Crippen LogP contribution is -2.20. The predicted molar refractivity (Wildman–Crippen MR) is 123 cm³/mol. The van der Waals surface area contributed by atoms with Crippen LogP contribution in [-0.4, -0.2) is 27.8 Å². The van der Waals surface area contributed by atoms with E-state index in [4.69, 9.17) is 0 Å². The van der Waals surface area contributed by atoms with Gasteiger partial charge in [0.1, 0.15) is 10.6 Å². The summed E-state index contributed by atoms with van der Waals surface area (Å²) in [6.07, 6.45) is 0. The van der Waals surface area contributed by atoms with Gasteiger partial charge in [0.15, 0.2) is 5.16 Å². The van der Waals surface area contributed by atoms with E-state index in [1.165, 1.54) is 40.2 Å². The molecule has 10 heteroatoms. The van der Waals surface area contributed by atoms with Gasteiger partial charge in [0.25, 0.3) is 5.56 Å². The Bertz CT molecular complexity index is 1310. The van der Waals surface area contributed by atoms with Gasteiger partial charge in [-0.05, 0) is 35.9 Å². The number of carbonyl (C=O) groups is 1. The summed E-state index contributed by atoms with van der Waals surface area (Å²) < 4.78 is 30.1. The maximum Gasteiger partial charge on any atom is 0.387 e. The Hall–Kier alpha value is -3.24. The first kappa shape index (κ1) is 22.0. The van der Waals surface area contributed by atoms with Crippen LogP contribution in [0.5, 0.6) is 5.75 Å². The van der Waals surface area contributed by atoms with E-state index in [0.29, 0.717) is 21.1 Å². The van der Waals surface area contributed by atoms with Crippen LogP contribution in [0.4, 0.5) is 14.5 Å². The standard InChI is InChI=1S/C22H17F2N3O3S2/c1-27-20(29)16-11-17(13-5-3-2-4-6-13)32-19(16)26-22(27)31-12-18(28)25-14-7-9-15(10-8-14)30-21(23)24/h2-11,21H,12H2,1H3,(H,25,28). The van der Waals surface area contributed by atoms with Gasteiger partial charge in [-0.2, -0.15) is 8.78 Å². The SMILES string of the molecule is Cn1c(SCC(=O)Nc2ccc(OC(F)F)cc2)nc2sc(-c3ccccc3)cc2c1=O. The van der Waals surface area contributed by atoms with E-state index >= 15 is 0 Å². The Kier molecular flexibility index (Phi) is 6.52. The number of ether oxygens (including phenoxy) is 1. The number of amides is 1. The monoisotopic (exact) mass is 473 g/mol. The maximum absolute atomic E-state index is 12.8. The van der Waals surface area contributed by atoms with Gasteiger partial charge in [0, 0.05) is 17.6 Å². The highest BCUT2D eigenvalue weighted by molar-refractivity contribution is 7.99. The van der Waals surface area contributed by atoms with Gasteiger partial charge in [-0.15, -0.1) is 11.3 Å². The van der Waals surface area contributed by atoms with Crippen LogP contribution in [0.3, 0.4) is 0 Å². The van der Waals surface area contributed by atoms with Gasteiger partial charge in [-0.25, -0.2) is 4.98 Å². The third-order valence-electron chi connectivity index (χ3n) is 4.49. The topological polar surface area (TPSA) is 73.2 Å². The van der Waals surface area contributed by atoms with E-state index in [1.807, 2.05) is 36.4 Å². The fourth-order valence-electron chi connectivity index (χ4n) is 2.97. The second kappa shape index (κ2) is 9.49. The number of nitrogens with one attached hydrogen (secondary N) is 1. The highest BCUT2D eigenvalue weighted by atomic mass is 32.2. The van der Waals surface area contributed by atoms with Crippen LogP contribution in [0.1, 0.15) is 0 Å². The number of hydrogen-bond donors (Lipinski definition) is 1. The molecule has 0 atom stereocenters. The Labute approximate surface area is 189 Å². The number of alkyl halides is 2. The van der Waals surface area contributed by atoms with Crippen LogP contribution in [-0.2, 0) is 11.8 Å². The Morgan fingerprint density at radius 1 is 1.19 bits per heavy atom. The molecule has 0 saturated carbocycles. The smallest absolute Gasteiger partial charge is 0.387 e. The maximum atomic E-state index is 12.8. The van der Waals surface area contributed by atoms with Crippen LogP contribution < -0.4 is 15.6 Å². The molecule has 0 aliphatic carbocycles. The third kappa shape index (κ3) is 4.97. The summed E-state index contributed by atoms with van der Waals surface area (Å²) in [5.74, 6) is -0.286. The summed E-state index contributed by atoms with van der Waals surface area (Å²) in [6, 6.07) is 17.2. The lowest BCUT2D eigenvalue weighted by Gasteiger charge is -2.09. The molecule has 164 valence electrons. The number of hydrogen-bond acceptors (Lipinski definition) is 6. The van der Waals surface area contributed by atoms with Crippen LogP contribution in [0.25, 0.3) is 20.7 Å². The number of aromatic nitrogens is 2. The molecule has 1 amide bonds. The minimum atomic E-state index is -2.91. The number of anilines is 1. The first-order chi connectivity index (χ1) is 15.4. The number of fused-ring (bicyclic) bond motifs is 1. The normalized spacial score (nSPS) is 11.1. The molecule has 32 heavy (non-hydrogen) atoms. The number of thiophene rings is 1. The van der Waals surface area contributed by atoms with Gasteiger partial charge in [-0.3, -0.25) is 14.2 Å². The largest absolute Gasteiger partial charge is 0.435 e. The lowest BCUT2D eigenvalue weighted by molar-refractivity contribution is -0.113. The fraction of sp³-hybridized carbons (Fsp3) is 0.136. The minimum absolute atomic E-state index is 0.00527. The molecule has 6 nitrogen and oxygen atoms in total. The molecule has 0 aliphatic rings. The molecular weight excluding hydrogens is 456 g/mol. The van der Waals surface area contributed by atoms with Crippen molar-refractivity contribution in [1.29, 1.82) is 0 Å². The zero-order valence-electron chi connectivity index (χ0n) is 16.7. The predicted octanol–water partition coefficient (Wildman–Crippen LogP) is 4.99. The van der Waals surface area contributed by atoms with Crippen molar-refractivity contribution in [1.82, 2.24) is 9.55 Å². The zero-order valence-corrected chi connectivity index (χ0v) is 18.4. The van der Waals surface area contributed by atoms with Crippen molar-refractivity contribution in [3.63, 3.8) is 0 Å². The molecular formula is C22H17F2N3O3S2. The molecule has 2 aromatic heterocycles. The highest BCUT2D eigenvalue weighted by Gasteiger charge is 2.15. The molecule has 0 radical (unpaired) electrons. The van der Waals surface area contributed by atoms with Crippen LogP contribution >= 0.6 is 23.1 Å². The van der Waals surface area contributed by atoms with E-state index in [2.05, 4.69) is 15.0 Å². The molecule has 0 spiro atoms. The molecule has 4 aromatic rings. The van der Waals surface area contributed by atoms with Crippen LogP contribution in [0.2, 0.25) is 0 Å². The molecule has 1 N–H and O–H groups in total. The first-order valence-electron chi connectivity index (χ1n) is 9.44. The summed E-state index contributed by atoms with van der Waals surface area (Å²) >= 11 is 2.57. The molecule has 2 heterocycles. The van der Waals surface area contributed by atoms with Gasteiger partial charge < -0.3 is 10.1 Å². The summed E-state index contributed by atoms with van der Waals surface area (Å²) in [5.41, 5.74) is 1.28. The summed E-state index contributed by atoms with van der Waals surface area (Å²) in [7, 11) is 1.62. The number of rotatable bonds is 7. The summed E-state index contributed by atoms with van der Waals surface area (Å²) in [5, 5.41) is 3.64. The second-order valence-electron chi connectivity index (χ2n) is 6.69. The van der Waals surface area contributed by atoms with E-state index in [9.17, 15) is 18.4 Å². The second-order valence-corrected chi connectivity index (χ2v) is 8.67. The molecule has 0 saturated heterocycles. The molecule has 0 unspecified atom stereocenters. The van der Waals surface area contributed by atoms with Crippen molar-refractivity contribution >= 4 is 44.9 Å². The quantitative estimate of drug-likeness (QED) is 0.302. The van der Waals surface area contributed by atoms with E-state index < -0.39 is 6.61 Å². The fourth-order valence-corrected chi connectivity index (χ4v) is 4.82. The van der Waals surface area contributed by atoms with Gasteiger partial charge in [0.05, 0.1) is 11.1 Å². The Morgan fingerprint density at radius 2 is 1.91 bits per heavy atom.